The van der Waals surface area contributed by atoms with Crippen molar-refractivity contribution >= 4 is 23.4 Å². The number of anilines is 2. The fraction of sp³-hybridized carbons (Fsp3) is 0.0385. The molecule has 1 aromatic heterocycles. The molecule has 0 bridgehead atoms. The molecule has 0 spiro atoms. The molecule has 0 atom stereocenters. The highest BCUT2D eigenvalue weighted by Crippen LogP contribution is 2.41. The minimum Gasteiger partial charge on any atom is -0.452 e. The first-order valence-corrected chi connectivity index (χ1v) is 10.1. The summed E-state index contributed by atoms with van der Waals surface area (Å²) in [5.74, 6) is -0.946. The minimum absolute atomic E-state index is 0.0181. The standard InChI is InChI=1S/C26H19N3O4/c27-15-20-23(17-9-3-1-4-10-17)24(18-11-5-2-6-12-18)33-25(20)29-22(30)16-32-26(31)19-13-7-8-14-21(19)28/h1-14H,16,28H2,(H,29,30). The maximum absolute atomic E-state index is 12.5. The Morgan fingerprint density at radius 3 is 2.15 bits per heavy atom. The van der Waals surface area contributed by atoms with E-state index in [0.717, 1.165) is 11.1 Å². The van der Waals surface area contributed by atoms with E-state index in [4.69, 9.17) is 14.9 Å². The van der Waals surface area contributed by atoms with Gasteiger partial charge in [0, 0.05) is 16.8 Å². The lowest BCUT2D eigenvalue weighted by Crippen LogP contribution is -2.21. The number of esters is 1. The number of ether oxygens (including phenoxy) is 1. The van der Waals surface area contributed by atoms with Crippen LogP contribution in [0.5, 0.6) is 0 Å². The van der Waals surface area contributed by atoms with E-state index >= 15 is 0 Å². The summed E-state index contributed by atoms with van der Waals surface area (Å²) in [5.41, 5.74) is 8.44. The number of nitrogen functional groups attached to an aromatic ring is 1. The topological polar surface area (TPSA) is 118 Å². The van der Waals surface area contributed by atoms with Crippen LogP contribution in [-0.4, -0.2) is 18.5 Å². The molecule has 33 heavy (non-hydrogen) atoms. The van der Waals surface area contributed by atoms with Crippen molar-refractivity contribution in [1.82, 2.24) is 0 Å². The predicted octanol–water partition coefficient (Wildman–Crippen LogP) is 4.86. The number of carbonyl (C=O) groups is 2. The Morgan fingerprint density at radius 2 is 1.52 bits per heavy atom. The summed E-state index contributed by atoms with van der Waals surface area (Å²) in [7, 11) is 0. The Hall–Kier alpha value is -4.83. The van der Waals surface area contributed by atoms with Gasteiger partial charge >= 0.3 is 5.97 Å². The van der Waals surface area contributed by atoms with Gasteiger partial charge in [0.15, 0.2) is 6.61 Å². The first-order chi connectivity index (χ1) is 16.1. The summed E-state index contributed by atoms with van der Waals surface area (Å²) < 4.78 is 11.0. The number of hydrogen-bond donors (Lipinski definition) is 2. The molecule has 0 saturated carbocycles. The zero-order valence-electron chi connectivity index (χ0n) is 17.4. The van der Waals surface area contributed by atoms with Gasteiger partial charge in [-0.15, -0.1) is 0 Å². The number of para-hydroxylation sites is 1. The quantitative estimate of drug-likeness (QED) is 0.328. The summed E-state index contributed by atoms with van der Waals surface area (Å²) in [6, 6.07) is 27.1. The van der Waals surface area contributed by atoms with Gasteiger partial charge in [-0.2, -0.15) is 5.26 Å². The number of nitrogens with one attached hydrogen (secondary N) is 1. The first-order valence-electron chi connectivity index (χ1n) is 10.1. The second-order valence-electron chi connectivity index (χ2n) is 7.07. The summed E-state index contributed by atoms with van der Waals surface area (Å²) in [4.78, 5) is 24.7. The van der Waals surface area contributed by atoms with Gasteiger partial charge in [0.25, 0.3) is 5.91 Å². The predicted molar refractivity (Wildman–Crippen MR) is 124 cm³/mol. The van der Waals surface area contributed by atoms with E-state index in [1.165, 1.54) is 6.07 Å². The van der Waals surface area contributed by atoms with Crippen molar-refractivity contribution in [3.63, 3.8) is 0 Å². The van der Waals surface area contributed by atoms with Crippen LogP contribution < -0.4 is 11.1 Å². The van der Waals surface area contributed by atoms with Gasteiger partial charge in [0.05, 0.1) is 5.56 Å². The van der Waals surface area contributed by atoms with Crippen molar-refractivity contribution in [3.05, 3.63) is 96.1 Å². The van der Waals surface area contributed by atoms with Crippen LogP contribution in [0.3, 0.4) is 0 Å². The van der Waals surface area contributed by atoms with Gasteiger partial charge in [-0.1, -0.05) is 72.8 Å². The number of rotatable bonds is 6. The van der Waals surface area contributed by atoms with Crippen molar-refractivity contribution in [3.8, 4) is 28.5 Å². The molecule has 0 aliphatic carbocycles. The molecule has 7 heteroatoms. The molecule has 0 aliphatic rings. The molecule has 3 N–H and O–H groups in total. The molecule has 0 saturated heterocycles. The number of amides is 1. The molecule has 1 amide bonds. The van der Waals surface area contributed by atoms with Gasteiger partial charge in [-0.25, -0.2) is 4.79 Å². The molecule has 0 fully saturated rings. The van der Waals surface area contributed by atoms with E-state index in [2.05, 4.69) is 11.4 Å². The maximum atomic E-state index is 12.5. The third-order valence-corrected chi connectivity index (χ3v) is 4.89. The lowest BCUT2D eigenvalue weighted by molar-refractivity contribution is -0.119. The second kappa shape index (κ2) is 9.54. The molecule has 0 radical (unpaired) electrons. The number of carbonyl (C=O) groups excluding carboxylic acids is 2. The van der Waals surface area contributed by atoms with Crippen LogP contribution in [0, 0.1) is 11.3 Å². The smallest absolute Gasteiger partial charge is 0.340 e. The lowest BCUT2D eigenvalue weighted by atomic mass is 9.98. The average Bonchev–Trinajstić information content (AvgIpc) is 3.22. The number of benzene rings is 3. The van der Waals surface area contributed by atoms with E-state index in [-0.39, 0.29) is 22.7 Å². The number of hydrogen-bond acceptors (Lipinski definition) is 6. The largest absolute Gasteiger partial charge is 0.452 e. The molecule has 7 nitrogen and oxygen atoms in total. The Labute approximate surface area is 190 Å². The molecule has 4 rings (SSSR count). The Balaban J connectivity index is 1.61. The third kappa shape index (κ3) is 4.60. The number of furan rings is 1. The first kappa shape index (κ1) is 21.4. The molecule has 3 aromatic carbocycles. The molecule has 1 heterocycles. The highest BCUT2D eigenvalue weighted by molar-refractivity contribution is 5.99. The zero-order chi connectivity index (χ0) is 23.2. The Morgan fingerprint density at radius 1 is 0.909 bits per heavy atom. The molecule has 0 unspecified atom stereocenters. The summed E-state index contributed by atoms with van der Waals surface area (Å²) in [6.07, 6.45) is 0. The summed E-state index contributed by atoms with van der Waals surface area (Å²) >= 11 is 0. The van der Waals surface area contributed by atoms with Gasteiger partial charge in [0.1, 0.15) is 17.4 Å². The molecule has 4 aromatic rings. The molecular formula is C26H19N3O4. The van der Waals surface area contributed by atoms with E-state index in [1.807, 2.05) is 60.7 Å². The van der Waals surface area contributed by atoms with E-state index in [9.17, 15) is 14.9 Å². The van der Waals surface area contributed by atoms with Gasteiger partial charge in [0.2, 0.25) is 5.88 Å². The van der Waals surface area contributed by atoms with Crippen LogP contribution in [0.15, 0.2) is 89.3 Å². The van der Waals surface area contributed by atoms with Crippen molar-refractivity contribution in [2.75, 3.05) is 17.7 Å². The molecule has 0 aliphatic heterocycles. The SMILES string of the molecule is N#Cc1c(NC(=O)COC(=O)c2ccccc2N)oc(-c2ccccc2)c1-c1ccccc1. The van der Waals surface area contributed by atoms with Crippen LogP contribution in [0.4, 0.5) is 11.6 Å². The summed E-state index contributed by atoms with van der Waals surface area (Å²) in [5, 5.41) is 12.4. The highest BCUT2D eigenvalue weighted by Gasteiger charge is 2.24. The Bertz CT molecular complexity index is 1340. The monoisotopic (exact) mass is 437 g/mol. The highest BCUT2D eigenvalue weighted by atomic mass is 16.5. The number of nitrogens with two attached hydrogens (primary N) is 1. The lowest BCUT2D eigenvalue weighted by Gasteiger charge is -2.07. The van der Waals surface area contributed by atoms with Crippen molar-refractivity contribution in [1.29, 1.82) is 5.26 Å². The van der Waals surface area contributed by atoms with Gasteiger partial charge in [-0.05, 0) is 17.7 Å². The molecular weight excluding hydrogens is 418 g/mol. The van der Waals surface area contributed by atoms with Crippen LogP contribution in [0.25, 0.3) is 22.5 Å². The number of nitriles is 1. The Kier molecular flexibility index (Phi) is 6.19. The maximum Gasteiger partial charge on any atom is 0.340 e. The van der Waals surface area contributed by atoms with Crippen LogP contribution >= 0.6 is 0 Å². The fourth-order valence-electron chi connectivity index (χ4n) is 3.35. The van der Waals surface area contributed by atoms with E-state index in [1.54, 1.807) is 18.2 Å². The fourth-order valence-corrected chi connectivity index (χ4v) is 3.35. The number of nitrogens with zero attached hydrogens (tertiary/aromatic N) is 1. The van der Waals surface area contributed by atoms with Gasteiger partial charge < -0.3 is 14.9 Å². The minimum atomic E-state index is -0.724. The zero-order valence-corrected chi connectivity index (χ0v) is 17.4. The molecule has 162 valence electrons. The summed E-state index contributed by atoms with van der Waals surface area (Å²) in [6.45, 7) is -0.569. The van der Waals surface area contributed by atoms with E-state index in [0.29, 0.717) is 11.3 Å². The van der Waals surface area contributed by atoms with E-state index < -0.39 is 18.5 Å². The van der Waals surface area contributed by atoms with Crippen molar-refractivity contribution in [2.24, 2.45) is 0 Å². The second-order valence-corrected chi connectivity index (χ2v) is 7.07. The van der Waals surface area contributed by atoms with Gasteiger partial charge in [-0.3, -0.25) is 10.1 Å². The van der Waals surface area contributed by atoms with Crippen LogP contribution in [0.1, 0.15) is 15.9 Å². The van der Waals surface area contributed by atoms with Crippen LogP contribution in [0.2, 0.25) is 0 Å². The van der Waals surface area contributed by atoms with Crippen molar-refractivity contribution in [2.45, 2.75) is 0 Å². The van der Waals surface area contributed by atoms with Crippen LogP contribution in [-0.2, 0) is 9.53 Å². The average molecular weight is 437 g/mol. The normalized spacial score (nSPS) is 10.3. The van der Waals surface area contributed by atoms with Crippen molar-refractivity contribution < 1.29 is 18.7 Å². The third-order valence-electron chi connectivity index (χ3n) is 4.89.